The van der Waals surface area contributed by atoms with E-state index >= 15 is 0 Å². The second-order valence-electron chi connectivity index (χ2n) is 8.31. The second kappa shape index (κ2) is 8.42. The number of benzene rings is 1. The molecule has 3 aromatic heterocycles. The Morgan fingerprint density at radius 1 is 1.09 bits per heavy atom. The molecule has 1 fully saturated rings. The third kappa shape index (κ3) is 3.63. The molecule has 1 aromatic carbocycles. The summed E-state index contributed by atoms with van der Waals surface area (Å²) in [4.78, 5) is 37.8. The summed E-state index contributed by atoms with van der Waals surface area (Å²) < 4.78 is 5.76. The Morgan fingerprint density at radius 2 is 1.91 bits per heavy atom. The van der Waals surface area contributed by atoms with Gasteiger partial charge < -0.3 is 15.4 Å². The highest BCUT2D eigenvalue weighted by atomic mass is 32.1. The normalized spacial score (nSPS) is 15.4. The van der Waals surface area contributed by atoms with Gasteiger partial charge in [0.05, 0.1) is 28.6 Å². The van der Waals surface area contributed by atoms with E-state index in [1.54, 1.807) is 35.5 Å². The van der Waals surface area contributed by atoms with Crippen LogP contribution in [-0.4, -0.2) is 27.9 Å². The van der Waals surface area contributed by atoms with Gasteiger partial charge in [-0.25, -0.2) is 14.8 Å². The molecule has 1 aliphatic carbocycles. The number of urea groups is 1. The van der Waals surface area contributed by atoms with E-state index in [2.05, 4.69) is 20.6 Å². The summed E-state index contributed by atoms with van der Waals surface area (Å²) in [6.07, 6.45) is 7.49. The van der Waals surface area contributed by atoms with E-state index in [1.807, 2.05) is 30.3 Å². The maximum absolute atomic E-state index is 13.2. The molecule has 4 aromatic rings. The number of amides is 3. The lowest BCUT2D eigenvalue weighted by Crippen LogP contribution is -2.36. The van der Waals surface area contributed by atoms with Gasteiger partial charge in [-0.3, -0.25) is 9.69 Å². The Hall–Kier alpha value is -3.98. The van der Waals surface area contributed by atoms with Gasteiger partial charge in [0.25, 0.3) is 5.91 Å². The third-order valence-corrected chi connectivity index (χ3v) is 7.18. The maximum atomic E-state index is 13.2. The number of carbonyl (C=O) groups is 2. The molecule has 0 radical (unpaired) electrons. The highest BCUT2D eigenvalue weighted by Crippen LogP contribution is 2.45. The van der Waals surface area contributed by atoms with Gasteiger partial charge in [-0.15, -0.1) is 11.3 Å². The summed E-state index contributed by atoms with van der Waals surface area (Å²) in [5.41, 5.74) is 1.77. The van der Waals surface area contributed by atoms with Gasteiger partial charge in [-0.1, -0.05) is 31.0 Å². The van der Waals surface area contributed by atoms with Crippen LogP contribution in [0.25, 0.3) is 10.2 Å². The molecule has 8 nitrogen and oxygen atoms in total. The van der Waals surface area contributed by atoms with Crippen molar-refractivity contribution < 1.29 is 14.3 Å². The monoisotopic (exact) mass is 471 g/mol. The number of nitrogens with zero attached hydrogens (tertiary/aromatic N) is 3. The fourth-order valence-corrected chi connectivity index (χ4v) is 5.52. The van der Waals surface area contributed by atoms with Crippen molar-refractivity contribution >= 4 is 50.6 Å². The Morgan fingerprint density at radius 3 is 2.68 bits per heavy atom. The molecule has 170 valence electrons. The van der Waals surface area contributed by atoms with Gasteiger partial charge in [0, 0.05) is 18.3 Å². The number of ether oxygens (including phenoxy) is 1. The largest absolute Gasteiger partial charge is 0.439 e. The Balaban J connectivity index is 1.33. The summed E-state index contributed by atoms with van der Waals surface area (Å²) in [7, 11) is 0. The number of para-hydroxylation sites is 1. The molecular formula is C25H21N5O3S. The van der Waals surface area contributed by atoms with E-state index in [4.69, 9.17) is 4.74 Å². The summed E-state index contributed by atoms with van der Waals surface area (Å²) in [6, 6.07) is 14.5. The first-order valence-corrected chi connectivity index (χ1v) is 12.0. The van der Waals surface area contributed by atoms with Crippen LogP contribution < -0.4 is 20.3 Å². The number of hydrogen-bond acceptors (Lipinski definition) is 6. The van der Waals surface area contributed by atoms with E-state index < -0.39 is 0 Å². The Labute approximate surface area is 199 Å². The molecule has 6 rings (SSSR count). The zero-order valence-corrected chi connectivity index (χ0v) is 19.0. The lowest BCUT2D eigenvalue weighted by atomic mass is 10.1. The number of hydrogen-bond donors (Lipinski definition) is 2. The number of thiophene rings is 1. The lowest BCUT2D eigenvalue weighted by molar-refractivity contribution is 0.0943. The summed E-state index contributed by atoms with van der Waals surface area (Å²) >= 11 is 1.30. The van der Waals surface area contributed by atoms with Crippen LogP contribution in [0.1, 0.15) is 35.4 Å². The topological polar surface area (TPSA) is 96.5 Å². The quantitative estimate of drug-likeness (QED) is 0.381. The second-order valence-corrected chi connectivity index (χ2v) is 9.31. The minimum Gasteiger partial charge on any atom is -0.439 e. The van der Waals surface area contributed by atoms with Crippen molar-refractivity contribution in [2.45, 2.75) is 31.7 Å². The molecule has 2 aliphatic rings. The van der Waals surface area contributed by atoms with Crippen LogP contribution in [0.15, 0.2) is 60.9 Å². The first-order chi connectivity index (χ1) is 16.7. The summed E-state index contributed by atoms with van der Waals surface area (Å²) in [5.74, 6) is 0.948. The average Bonchev–Trinajstić information content (AvgIpc) is 3.49. The van der Waals surface area contributed by atoms with Crippen LogP contribution in [0.5, 0.6) is 11.6 Å². The average molecular weight is 472 g/mol. The van der Waals surface area contributed by atoms with Crippen LogP contribution in [0, 0.1) is 0 Å². The molecule has 2 N–H and O–H groups in total. The van der Waals surface area contributed by atoms with Gasteiger partial charge in [-0.2, -0.15) is 0 Å². The molecular weight excluding hydrogens is 450 g/mol. The van der Waals surface area contributed by atoms with Gasteiger partial charge in [0.15, 0.2) is 0 Å². The lowest BCUT2D eigenvalue weighted by Gasteiger charge is -2.28. The van der Waals surface area contributed by atoms with Crippen molar-refractivity contribution in [2.75, 3.05) is 10.2 Å². The molecule has 0 bridgehead atoms. The highest BCUT2D eigenvalue weighted by molar-refractivity contribution is 7.21. The molecule has 34 heavy (non-hydrogen) atoms. The van der Waals surface area contributed by atoms with Crippen LogP contribution in [0.4, 0.5) is 21.9 Å². The smallest absolute Gasteiger partial charge is 0.331 e. The van der Waals surface area contributed by atoms with Crippen molar-refractivity contribution in [1.82, 2.24) is 15.3 Å². The summed E-state index contributed by atoms with van der Waals surface area (Å²) in [6.45, 7) is 0. The van der Waals surface area contributed by atoms with Gasteiger partial charge in [0.2, 0.25) is 5.88 Å². The number of nitrogens with one attached hydrogen (secondary N) is 2. The van der Waals surface area contributed by atoms with E-state index in [9.17, 15) is 9.59 Å². The first kappa shape index (κ1) is 20.6. The van der Waals surface area contributed by atoms with Crippen molar-refractivity contribution in [3.63, 3.8) is 0 Å². The fourth-order valence-electron chi connectivity index (χ4n) is 4.50. The van der Waals surface area contributed by atoms with Crippen LogP contribution in [0.2, 0.25) is 0 Å². The summed E-state index contributed by atoms with van der Waals surface area (Å²) in [5, 5.41) is 6.79. The van der Waals surface area contributed by atoms with Crippen molar-refractivity contribution in [3.8, 4) is 11.6 Å². The van der Waals surface area contributed by atoms with Crippen molar-refractivity contribution in [1.29, 1.82) is 0 Å². The first-order valence-electron chi connectivity index (χ1n) is 11.2. The predicted molar refractivity (Wildman–Crippen MR) is 131 cm³/mol. The van der Waals surface area contributed by atoms with E-state index in [-0.39, 0.29) is 18.0 Å². The SMILES string of the molecule is O=C(NC1CCCC1)c1sc2nccc3c2c1NC(=O)N3c1ccc(Oc2ccccc2)nc1. The fraction of sp³-hybridized carbons (Fsp3) is 0.200. The predicted octanol–water partition coefficient (Wildman–Crippen LogP) is 5.84. The van der Waals surface area contributed by atoms with Crippen LogP contribution in [0.3, 0.4) is 0 Å². The number of rotatable bonds is 5. The third-order valence-electron chi connectivity index (χ3n) is 6.09. The molecule has 1 saturated carbocycles. The molecule has 9 heteroatoms. The van der Waals surface area contributed by atoms with Crippen molar-refractivity contribution in [3.05, 3.63) is 65.8 Å². The molecule has 1 aliphatic heterocycles. The standard InChI is InChI=1S/C25H21N5O3S/c31-23(28-15-6-4-5-7-15)22-21-20-18(12-13-26-24(20)34-22)30(25(32)29-21)16-10-11-19(27-14-16)33-17-8-2-1-3-9-17/h1-3,8-15H,4-7H2,(H,28,31)(H,29,32). The van der Waals surface area contributed by atoms with Crippen LogP contribution in [-0.2, 0) is 0 Å². The molecule has 3 amide bonds. The van der Waals surface area contributed by atoms with E-state index in [0.717, 1.165) is 31.1 Å². The van der Waals surface area contributed by atoms with Gasteiger partial charge in [-0.05, 0) is 37.1 Å². The Kier molecular flexibility index (Phi) is 5.10. The number of carbonyl (C=O) groups excluding carboxylic acids is 2. The Bertz CT molecular complexity index is 1380. The molecule has 4 heterocycles. The molecule has 0 saturated heterocycles. The minimum atomic E-state index is -0.355. The van der Waals surface area contributed by atoms with Crippen molar-refractivity contribution in [2.24, 2.45) is 0 Å². The zero-order valence-electron chi connectivity index (χ0n) is 18.2. The van der Waals surface area contributed by atoms with Crippen LogP contribution >= 0.6 is 11.3 Å². The van der Waals surface area contributed by atoms with E-state index in [0.29, 0.717) is 38.4 Å². The van der Waals surface area contributed by atoms with Gasteiger partial charge >= 0.3 is 6.03 Å². The molecule has 0 spiro atoms. The minimum absolute atomic E-state index is 0.159. The number of pyridine rings is 2. The van der Waals surface area contributed by atoms with E-state index in [1.165, 1.54) is 11.3 Å². The van der Waals surface area contributed by atoms with Gasteiger partial charge in [0.1, 0.15) is 15.5 Å². The molecule has 0 unspecified atom stereocenters. The maximum Gasteiger partial charge on any atom is 0.331 e. The zero-order chi connectivity index (χ0) is 23.1. The highest BCUT2D eigenvalue weighted by Gasteiger charge is 2.33. The molecule has 0 atom stereocenters. The number of aromatic nitrogens is 2. The number of anilines is 3.